The molecule has 1 aliphatic heterocycles. The van der Waals surface area contributed by atoms with Crippen LogP contribution in [-0.2, 0) is 21.5 Å². The molecule has 6 N–H and O–H groups in total. The molecule has 2 heterocycles. The molecule has 0 saturated heterocycles. The number of alkyl halides is 3. The molecule has 2 aromatic rings. The highest BCUT2D eigenvalue weighted by Gasteiger charge is 2.48. The van der Waals surface area contributed by atoms with Crippen molar-refractivity contribution >= 4 is 39.5 Å². The lowest BCUT2D eigenvalue weighted by Gasteiger charge is -2.29. The maximum atomic E-state index is 13.6. The molecule has 0 saturated carbocycles. The van der Waals surface area contributed by atoms with Gasteiger partial charge in [0.25, 0.3) is 0 Å². The summed E-state index contributed by atoms with van der Waals surface area (Å²) in [6, 6.07) is 4.85. The summed E-state index contributed by atoms with van der Waals surface area (Å²) in [4.78, 5) is 32.5. The van der Waals surface area contributed by atoms with Gasteiger partial charge in [-0.15, -0.1) is 0 Å². The van der Waals surface area contributed by atoms with E-state index in [0.29, 0.717) is 22.7 Å². The molecule has 10 nitrogen and oxygen atoms in total. The number of nitrogens with zero attached hydrogens (tertiary/aromatic N) is 2. The van der Waals surface area contributed by atoms with Crippen LogP contribution in [0.1, 0.15) is 43.0 Å². The molecular formula is C25H30BrF3N6O4. The number of anilines is 1. The predicted octanol–water partition coefficient (Wildman–Crippen LogP) is 2.84. The van der Waals surface area contributed by atoms with Crippen molar-refractivity contribution in [2.45, 2.75) is 50.6 Å². The third kappa shape index (κ3) is 8.63. The van der Waals surface area contributed by atoms with Crippen molar-refractivity contribution in [2.75, 3.05) is 25.0 Å². The monoisotopic (exact) mass is 614 g/mol. The Hall–Kier alpha value is -3.23. The highest BCUT2D eigenvalue weighted by atomic mass is 79.9. The van der Waals surface area contributed by atoms with Gasteiger partial charge in [0.2, 0.25) is 5.91 Å². The lowest BCUT2D eigenvalue weighted by atomic mass is 9.82. The minimum absolute atomic E-state index is 0.0614. The van der Waals surface area contributed by atoms with Crippen LogP contribution in [0.4, 0.5) is 18.9 Å². The number of aliphatic hydroxyl groups excluding tert-OH is 1. The Morgan fingerprint density at radius 1 is 1.21 bits per heavy atom. The van der Waals surface area contributed by atoms with Gasteiger partial charge in [-0.25, -0.2) is 0 Å². The van der Waals surface area contributed by atoms with Gasteiger partial charge in [-0.1, -0.05) is 22.0 Å². The average Bonchev–Trinajstić information content (AvgIpc) is 2.84. The Morgan fingerprint density at radius 2 is 1.95 bits per heavy atom. The van der Waals surface area contributed by atoms with Crippen molar-refractivity contribution in [3.63, 3.8) is 0 Å². The molecule has 212 valence electrons. The largest absolute Gasteiger partial charge is 0.481 e. The number of carboxylic acids is 1. The number of aromatic nitrogens is 1. The maximum absolute atomic E-state index is 13.6. The first kappa shape index (κ1) is 30.3. The molecule has 39 heavy (non-hydrogen) atoms. The van der Waals surface area contributed by atoms with Crippen molar-refractivity contribution < 1.29 is 33.0 Å². The number of rotatable bonds is 10. The Balaban J connectivity index is 1.63. The number of aliphatic imine (C=N–C) groups is 1. The second kappa shape index (κ2) is 12.7. The highest BCUT2D eigenvalue weighted by Crippen LogP contribution is 2.42. The lowest BCUT2D eigenvalue weighted by molar-refractivity contribution is -0.180. The number of β-amino-alcohol motifs (C(OH)–C–C–N with tert-alkyl or cyclic N) is 1. The zero-order valence-corrected chi connectivity index (χ0v) is 22.9. The van der Waals surface area contributed by atoms with E-state index >= 15 is 0 Å². The van der Waals surface area contributed by atoms with Crippen LogP contribution in [-0.4, -0.2) is 64.9 Å². The number of hydrogen-bond donors (Lipinski definition) is 6. The topological polar surface area (TPSA) is 148 Å². The summed E-state index contributed by atoms with van der Waals surface area (Å²) in [6.45, 7) is 2.82. The number of nitrogens with one attached hydrogen (secondary N) is 4. The molecular weight excluding hydrogens is 585 g/mol. The molecule has 3 rings (SSSR count). The van der Waals surface area contributed by atoms with Crippen LogP contribution >= 0.6 is 15.9 Å². The van der Waals surface area contributed by atoms with Crippen LogP contribution in [0.25, 0.3) is 0 Å². The van der Waals surface area contributed by atoms with Gasteiger partial charge < -0.3 is 31.5 Å². The number of halogens is 4. The molecule has 0 radical (unpaired) electrons. The van der Waals surface area contributed by atoms with Gasteiger partial charge in [0.15, 0.2) is 5.96 Å². The number of amides is 1. The molecule has 0 fully saturated rings. The van der Waals surface area contributed by atoms with Crippen molar-refractivity contribution in [1.29, 1.82) is 0 Å². The van der Waals surface area contributed by atoms with Gasteiger partial charge in [-0.05, 0) is 48.7 Å². The zero-order valence-electron chi connectivity index (χ0n) is 21.3. The van der Waals surface area contributed by atoms with E-state index in [1.807, 2.05) is 0 Å². The molecule has 0 aliphatic carbocycles. The van der Waals surface area contributed by atoms with E-state index in [-0.39, 0.29) is 30.8 Å². The third-order valence-corrected chi connectivity index (χ3v) is 6.56. The quantitative estimate of drug-likeness (QED) is 0.239. The first-order valence-corrected chi connectivity index (χ1v) is 12.8. The van der Waals surface area contributed by atoms with E-state index in [1.165, 1.54) is 18.2 Å². The molecule has 1 amide bonds. The lowest BCUT2D eigenvalue weighted by Crippen LogP contribution is -2.42. The maximum Gasteiger partial charge on any atom is 0.397 e. The number of aliphatic hydroxyl groups is 1. The summed E-state index contributed by atoms with van der Waals surface area (Å²) in [5, 5.41) is 30.4. The number of carboxylic acid groups (broad SMARTS) is 1. The number of benzene rings is 1. The number of pyridine rings is 1. The Morgan fingerprint density at radius 3 is 2.59 bits per heavy atom. The highest BCUT2D eigenvalue weighted by molar-refractivity contribution is 9.10. The number of carbonyl (C=O) groups excluding carboxylic acids is 1. The third-order valence-electron chi connectivity index (χ3n) is 6.10. The fourth-order valence-corrected chi connectivity index (χ4v) is 4.25. The molecule has 1 aromatic heterocycles. The Bertz CT molecular complexity index is 1220. The van der Waals surface area contributed by atoms with Gasteiger partial charge in [0, 0.05) is 23.8 Å². The van der Waals surface area contributed by atoms with Gasteiger partial charge in [-0.3, -0.25) is 19.6 Å². The fraction of sp³-hybridized carbons (Fsp3) is 0.440. The van der Waals surface area contributed by atoms with Crippen LogP contribution in [0.5, 0.6) is 0 Å². The van der Waals surface area contributed by atoms with Gasteiger partial charge in [0.1, 0.15) is 0 Å². The number of carbonyl (C=O) groups is 2. The molecule has 0 bridgehead atoms. The van der Waals surface area contributed by atoms with Gasteiger partial charge >= 0.3 is 12.1 Å². The zero-order chi connectivity index (χ0) is 28.8. The molecule has 1 unspecified atom stereocenters. The van der Waals surface area contributed by atoms with E-state index < -0.39 is 42.0 Å². The van der Waals surface area contributed by atoms with Crippen LogP contribution in [0.3, 0.4) is 0 Å². The van der Waals surface area contributed by atoms with Crippen molar-refractivity contribution in [1.82, 2.24) is 20.9 Å². The summed E-state index contributed by atoms with van der Waals surface area (Å²) in [6.07, 6.45) is -2.39. The van der Waals surface area contributed by atoms with Crippen LogP contribution in [0, 0.1) is 0 Å². The summed E-state index contributed by atoms with van der Waals surface area (Å²) in [7, 11) is 0. The van der Waals surface area contributed by atoms with Crippen molar-refractivity contribution in [3.05, 3.63) is 57.8 Å². The fourth-order valence-electron chi connectivity index (χ4n) is 3.74. The molecule has 1 aromatic carbocycles. The van der Waals surface area contributed by atoms with Gasteiger partial charge in [-0.2, -0.15) is 13.2 Å². The molecule has 2 atom stereocenters. The Kier molecular flexibility index (Phi) is 9.91. The molecule has 1 aliphatic rings. The van der Waals surface area contributed by atoms with Gasteiger partial charge in [0.05, 0.1) is 49.0 Å². The second-order valence-electron chi connectivity index (χ2n) is 9.65. The first-order chi connectivity index (χ1) is 18.2. The smallest absolute Gasteiger partial charge is 0.397 e. The minimum Gasteiger partial charge on any atom is -0.481 e. The first-order valence-electron chi connectivity index (χ1n) is 12.0. The summed E-state index contributed by atoms with van der Waals surface area (Å²) < 4.78 is 41.2. The standard InChI is InChI=1S/C25H30BrF3N6O4/c1-24(2,25(27,28)29)16-4-15(5-17(26)6-16)20(7-22(38)39)35-21(37)13-31-9-14-3-18(10-30-8-14)34-23-32-11-19(36)12-33-23/h3-6,8,10,19-20,31,36H,7,9,11-13H2,1-2H3,(H,35,37)(H,38,39)(H2,32,33,34)/t20-/m0/s1. The number of hydrogen-bond acceptors (Lipinski definition) is 8. The van der Waals surface area contributed by atoms with Crippen molar-refractivity contribution in [3.8, 4) is 0 Å². The van der Waals surface area contributed by atoms with Crippen LogP contribution < -0.4 is 21.3 Å². The molecule has 0 spiro atoms. The van der Waals surface area contributed by atoms with E-state index in [0.717, 1.165) is 19.4 Å². The summed E-state index contributed by atoms with van der Waals surface area (Å²) in [5.74, 6) is -1.24. The predicted molar refractivity (Wildman–Crippen MR) is 142 cm³/mol. The van der Waals surface area contributed by atoms with Crippen LogP contribution in [0.15, 0.2) is 46.1 Å². The van der Waals surface area contributed by atoms with E-state index in [1.54, 1.807) is 18.5 Å². The minimum atomic E-state index is -4.54. The normalized spacial score (nSPS) is 16.6. The number of guanidine groups is 1. The summed E-state index contributed by atoms with van der Waals surface area (Å²) >= 11 is 3.21. The Labute approximate surface area is 231 Å². The SMILES string of the molecule is CC(C)(c1cc(Br)cc([C@H](CC(=O)O)NC(=O)CNCc2cncc(NC3=NCC(O)CN3)c2)c1)C(F)(F)F. The number of aliphatic carboxylic acids is 1. The molecule has 14 heteroatoms. The average molecular weight is 615 g/mol. The van der Waals surface area contributed by atoms with E-state index in [9.17, 15) is 33.0 Å². The van der Waals surface area contributed by atoms with E-state index in [2.05, 4.69) is 47.2 Å². The summed E-state index contributed by atoms with van der Waals surface area (Å²) in [5.41, 5.74) is -0.619. The van der Waals surface area contributed by atoms with Crippen LogP contribution in [0.2, 0.25) is 0 Å². The van der Waals surface area contributed by atoms with E-state index in [4.69, 9.17) is 0 Å². The van der Waals surface area contributed by atoms with Crippen molar-refractivity contribution in [2.24, 2.45) is 4.99 Å². The second-order valence-corrected chi connectivity index (χ2v) is 10.6.